The van der Waals surface area contributed by atoms with Crippen LogP contribution in [-0.4, -0.2) is 28.3 Å². The molecule has 1 saturated carbocycles. The van der Waals surface area contributed by atoms with Crippen LogP contribution in [0.25, 0.3) is 10.9 Å². The molecule has 6 heteroatoms. The van der Waals surface area contributed by atoms with Gasteiger partial charge in [0.1, 0.15) is 0 Å². The molecule has 3 rings (SSSR count). The van der Waals surface area contributed by atoms with E-state index in [1.807, 2.05) is 19.2 Å². The SMILES string of the molecule is Cn1nc(NC(=O)CNC2CC2)c2c(Cl)ccc(C(C)(C)C)c21. The van der Waals surface area contributed by atoms with Crippen molar-refractivity contribution in [3.63, 3.8) is 0 Å². The highest BCUT2D eigenvalue weighted by molar-refractivity contribution is 6.36. The molecule has 1 aliphatic rings. The largest absolute Gasteiger partial charge is 0.308 e. The molecule has 0 radical (unpaired) electrons. The molecular formula is C17H23ClN4O. The predicted molar refractivity (Wildman–Crippen MR) is 94.1 cm³/mol. The van der Waals surface area contributed by atoms with Crippen LogP contribution < -0.4 is 10.6 Å². The molecule has 0 aliphatic heterocycles. The molecule has 0 bridgehead atoms. The van der Waals surface area contributed by atoms with E-state index in [-0.39, 0.29) is 11.3 Å². The van der Waals surface area contributed by atoms with Gasteiger partial charge < -0.3 is 10.6 Å². The van der Waals surface area contributed by atoms with Gasteiger partial charge >= 0.3 is 0 Å². The van der Waals surface area contributed by atoms with Crippen molar-refractivity contribution in [3.8, 4) is 0 Å². The first-order valence-electron chi connectivity index (χ1n) is 7.96. The molecule has 0 atom stereocenters. The van der Waals surface area contributed by atoms with Crippen LogP contribution in [0.4, 0.5) is 5.82 Å². The topological polar surface area (TPSA) is 59.0 Å². The molecule has 124 valence electrons. The van der Waals surface area contributed by atoms with Gasteiger partial charge in [-0.15, -0.1) is 0 Å². The van der Waals surface area contributed by atoms with Crippen LogP contribution in [0.3, 0.4) is 0 Å². The Labute approximate surface area is 141 Å². The number of amides is 1. The van der Waals surface area contributed by atoms with Gasteiger partial charge in [-0.05, 0) is 29.9 Å². The van der Waals surface area contributed by atoms with Gasteiger partial charge in [0, 0.05) is 13.1 Å². The highest BCUT2D eigenvalue weighted by Crippen LogP contribution is 2.37. The zero-order chi connectivity index (χ0) is 16.8. The van der Waals surface area contributed by atoms with Crippen molar-refractivity contribution >= 4 is 34.2 Å². The number of aryl methyl sites for hydroxylation is 1. The molecule has 1 aromatic carbocycles. The molecule has 1 heterocycles. The number of aromatic nitrogens is 2. The van der Waals surface area contributed by atoms with E-state index in [0.29, 0.717) is 23.4 Å². The number of nitrogens with zero attached hydrogens (tertiary/aromatic N) is 2. The number of benzene rings is 1. The first kappa shape index (κ1) is 16.3. The third-order valence-corrected chi connectivity index (χ3v) is 4.45. The molecule has 1 aliphatic carbocycles. The second-order valence-electron chi connectivity index (χ2n) is 7.24. The maximum Gasteiger partial charge on any atom is 0.239 e. The molecule has 0 spiro atoms. The summed E-state index contributed by atoms with van der Waals surface area (Å²) in [6.45, 7) is 6.76. The Morgan fingerprint density at radius 3 is 2.70 bits per heavy atom. The van der Waals surface area contributed by atoms with Crippen LogP contribution in [-0.2, 0) is 17.3 Å². The Balaban J connectivity index is 1.96. The number of halogens is 1. The van der Waals surface area contributed by atoms with Crippen LogP contribution in [0.5, 0.6) is 0 Å². The second kappa shape index (κ2) is 5.80. The minimum Gasteiger partial charge on any atom is -0.308 e. The minimum absolute atomic E-state index is 0.0363. The van der Waals surface area contributed by atoms with Gasteiger partial charge in [0.15, 0.2) is 5.82 Å². The van der Waals surface area contributed by atoms with Gasteiger partial charge in [0.2, 0.25) is 5.91 Å². The normalized spacial score (nSPS) is 15.2. The molecule has 0 saturated heterocycles. The summed E-state index contributed by atoms with van der Waals surface area (Å²) in [6, 6.07) is 4.41. The fourth-order valence-electron chi connectivity index (χ4n) is 2.77. The van der Waals surface area contributed by atoms with Gasteiger partial charge in [-0.2, -0.15) is 5.10 Å². The van der Waals surface area contributed by atoms with Crippen molar-refractivity contribution in [1.29, 1.82) is 0 Å². The number of hydrogen-bond donors (Lipinski definition) is 2. The van der Waals surface area contributed by atoms with Crippen LogP contribution in [0.15, 0.2) is 12.1 Å². The van der Waals surface area contributed by atoms with Gasteiger partial charge in [0.25, 0.3) is 0 Å². The minimum atomic E-state index is -0.0888. The maximum atomic E-state index is 12.1. The van der Waals surface area contributed by atoms with Crippen molar-refractivity contribution in [2.45, 2.75) is 45.1 Å². The van der Waals surface area contributed by atoms with Crippen LogP contribution in [0.1, 0.15) is 39.2 Å². The van der Waals surface area contributed by atoms with Crippen molar-refractivity contribution in [3.05, 3.63) is 22.7 Å². The Hall–Kier alpha value is -1.59. The lowest BCUT2D eigenvalue weighted by Crippen LogP contribution is -2.29. The van der Waals surface area contributed by atoms with E-state index in [9.17, 15) is 4.79 Å². The molecule has 5 nitrogen and oxygen atoms in total. The van der Waals surface area contributed by atoms with E-state index in [1.165, 1.54) is 0 Å². The number of hydrogen-bond acceptors (Lipinski definition) is 3. The van der Waals surface area contributed by atoms with E-state index in [2.05, 4.69) is 36.5 Å². The highest BCUT2D eigenvalue weighted by Gasteiger charge is 2.24. The standard InChI is InChI=1S/C17H23ClN4O/c1-17(2,3)11-7-8-12(18)14-15(11)22(4)21-16(14)20-13(23)9-19-10-5-6-10/h7-8,10,19H,5-6,9H2,1-4H3,(H,20,21,23). The van der Waals surface area contributed by atoms with E-state index >= 15 is 0 Å². The fraction of sp³-hybridized carbons (Fsp3) is 0.529. The summed E-state index contributed by atoms with van der Waals surface area (Å²) in [7, 11) is 1.88. The summed E-state index contributed by atoms with van der Waals surface area (Å²) in [5, 5.41) is 12.0. The predicted octanol–water partition coefficient (Wildman–Crippen LogP) is 3.21. The Morgan fingerprint density at radius 2 is 2.09 bits per heavy atom. The molecule has 1 aromatic heterocycles. The number of anilines is 1. The quantitative estimate of drug-likeness (QED) is 0.902. The zero-order valence-corrected chi connectivity index (χ0v) is 14.8. The summed E-state index contributed by atoms with van der Waals surface area (Å²) >= 11 is 6.40. The van der Waals surface area contributed by atoms with Crippen LogP contribution in [0, 0.1) is 0 Å². The molecule has 2 N–H and O–H groups in total. The lowest BCUT2D eigenvalue weighted by Gasteiger charge is -2.20. The third kappa shape index (κ3) is 3.35. The van der Waals surface area contributed by atoms with Crippen LogP contribution >= 0.6 is 11.6 Å². The Bertz CT molecular complexity index is 756. The fourth-order valence-corrected chi connectivity index (χ4v) is 3.01. The van der Waals surface area contributed by atoms with Crippen molar-refractivity contribution in [1.82, 2.24) is 15.1 Å². The molecule has 0 unspecified atom stereocenters. The monoisotopic (exact) mass is 334 g/mol. The first-order valence-corrected chi connectivity index (χ1v) is 8.34. The number of carbonyl (C=O) groups excluding carboxylic acids is 1. The van der Waals surface area contributed by atoms with Crippen molar-refractivity contribution in [2.75, 3.05) is 11.9 Å². The number of nitrogens with one attached hydrogen (secondary N) is 2. The second-order valence-corrected chi connectivity index (χ2v) is 7.65. The maximum absolute atomic E-state index is 12.1. The van der Waals surface area contributed by atoms with Crippen molar-refractivity contribution in [2.24, 2.45) is 7.05 Å². The number of fused-ring (bicyclic) bond motifs is 1. The average molecular weight is 335 g/mol. The smallest absolute Gasteiger partial charge is 0.239 e. The summed E-state index contributed by atoms with van der Waals surface area (Å²) < 4.78 is 1.80. The molecule has 1 fully saturated rings. The van der Waals surface area contributed by atoms with Gasteiger partial charge in [-0.1, -0.05) is 38.4 Å². The van der Waals surface area contributed by atoms with Gasteiger partial charge in [-0.25, -0.2) is 0 Å². The van der Waals surface area contributed by atoms with E-state index in [4.69, 9.17) is 11.6 Å². The lowest BCUT2D eigenvalue weighted by atomic mass is 9.85. The van der Waals surface area contributed by atoms with Gasteiger partial charge in [0.05, 0.1) is 22.5 Å². The molecular weight excluding hydrogens is 312 g/mol. The third-order valence-electron chi connectivity index (χ3n) is 4.13. The van der Waals surface area contributed by atoms with Crippen LogP contribution in [0.2, 0.25) is 5.02 Å². The van der Waals surface area contributed by atoms with Gasteiger partial charge in [-0.3, -0.25) is 9.48 Å². The summed E-state index contributed by atoms with van der Waals surface area (Å²) in [5.74, 6) is 0.440. The van der Waals surface area contributed by atoms with E-state index in [0.717, 1.165) is 29.3 Å². The number of rotatable bonds is 4. The molecule has 2 aromatic rings. The number of carbonyl (C=O) groups is 1. The lowest BCUT2D eigenvalue weighted by molar-refractivity contribution is -0.115. The molecule has 23 heavy (non-hydrogen) atoms. The Kier molecular flexibility index (Phi) is 4.10. The summed E-state index contributed by atoms with van der Waals surface area (Å²) in [5.41, 5.74) is 2.09. The van der Waals surface area contributed by atoms with E-state index < -0.39 is 0 Å². The zero-order valence-electron chi connectivity index (χ0n) is 14.0. The first-order chi connectivity index (χ1) is 10.8. The van der Waals surface area contributed by atoms with Crippen molar-refractivity contribution < 1.29 is 4.79 Å². The summed E-state index contributed by atoms with van der Waals surface area (Å²) in [4.78, 5) is 12.1. The van der Waals surface area contributed by atoms with E-state index in [1.54, 1.807) is 4.68 Å². The summed E-state index contributed by atoms with van der Waals surface area (Å²) in [6.07, 6.45) is 2.31. The average Bonchev–Trinajstić information content (AvgIpc) is 3.21. The molecule has 1 amide bonds. The Morgan fingerprint density at radius 1 is 1.39 bits per heavy atom. The highest BCUT2D eigenvalue weighted by atomic mass is 35.5.